The molecule has 0 bridgehead atoms. The fraction of sp³-hybridized carbons (Fsp3) is 0.800. The minimum atomic E-state index is -0.186. The predicted octanol–water partition coefficient (Wildman–Crippen LogP) is -0.693. The first-order chi connectivity index (χ1) is 7.75. The minimum Gasteiger partial charge on any atom is -0.378 e. The zero-order chi connectivity index (χ0) is 11.4. The molecule has 0 aromatic carbocycles. The summed E-state index contributed by atoms with van der Waals surface area (Å²) in [7, 11) is 0. The van der Waals surface area contributed by atoms with Gasteiger partial charge in [0.2, 0.25) is 5.91 Å². The molecule has 2 N–H and O–H groups in total. The van der Waals surface area contributed by atoms with Gasteiger partial charge in [0.1, 0.15) is 0 Å². The topological polar surface area (TPSA) is 70.7 Å². The summed E-state index contributed by atoms with van der Waals surface area (Å²) in [4.78, 5) is 24.6. The third-order valence-electron chi connectivity index (χ3n) is 2.64. The number of carbonyl (C=O) groups excluding carboxylic acids is 2. The van der Waals surface area contributed by atoms with Crippen molar-refractivity contribution in [1.29, 1.82) is 0 Å². The molecule has 1 saturated carbocycles. The summed E-state index contributed by atoms with van der Waals surface area (Å²) in [5.41, 5.74) is 0. The summed E-state index contributed by atoms with van der Waals surface area (Å²) in [6.07, 6.45) is 2.12. The second kappa shape index (κ2) is 5.16. The van der Waals surface area contributed by atoms with Gasteiger partial charge in [-0.05, 0) is 12.8 Å². The lowest BCUT2D eigenvalue weighted by molar-refractivity contribution is -0.120. The lowest BCUT2D eigenvalue weighted by Crippen LogP contribution is -2.48. The SMILES string of the molecule is O=C(CNC(=O)N1CCOCC1)NC1CC1. The number of amides is 3. The van der Waals surface area contributed by atoms with Crippen molar-refractivity contribution in [3.8, 4) is 0 Å². The van der Waals surface area contributed by atoms with Crippen LogP contribution in [0.5, 0.6) is 0 Å². The first kappa shape index (κ1) is 11.2. The van der Waals surface area contributed by atoms with E-state index in [0.29, 0.717) is 32.3 Å². The Balaban J connectivity index is 1.63. The molecule has 3 amide bonds. The quantitative estimate of drug-likeness (QED) is 0.670. The standard InChI is InChI=1S/C10H17N3O3/c14-9(12-8-1-2-8)7-11-10(15)13-3-5-16-6-4-13/h8H,1-7H2,(H,11,15)(H,12,14). The van der Waals surface area contributed by atoms with Crippen molar-refractivity contribution in [2.24, 2.45) is 0 Å². The first-order valence-electron chi connectivity index (χ1n) is 5.65. The number of ether oxygens (including phenoxy) is 1. The van der Waals surface area contributed by atoms with Crippen LogP contribution in [0.15, 0.2) is 0 Å². The highest BCUT2D eigenvalue weighted by Crippen LogP contribution is 2.18. The molecule has 1 heterocycles. The Labute approximate surface area is 94.3 Å². The number of urea groups is 1. The average molecular weight is 227 g/mol. The van der Waals surface area contributed by atoms with Gasteiger partial charge in [-0.15, -0.1) is 0 Å². The van der Waals surface area contributed by atoms with Gasteiger partial charge in [-0.25, -0.2) is 4.79 Å². The molecule has 1 aliphatic carbocycles. The van der Waals surface area contributed by atoms with Crippen molar-refractivity contribution in [3.63, 3.8) is 0 Å². The molecule has 90 valence electrons. The zero-order valence-electron chi connectivity index (χ0n) is 9.20. The molecule has 0 spiro atoms. The highest BCUT2D eigenvalue weighted by molar-refractivity contribution is 5.84. The Morgan fingerprint density at radius 3 is 2.56 bits per heavy atom. The lowest BCUT2D eigenvalue weighted by atomic mass is 10.4. The van der Waals surface area contributed by atoms with Crippen LogP contribution in [0.1, 0.15) is 12.8 Å². The van der Waals surface area contributed by atoms with E-state index in [9.17, 15) is 9.59 Å². The van der Waals surface area contributed by atoms with Crippen LogP contribution in [-0.2, 0) is 9.53 Å². The van der Waals surface area contributed by atoms with Crippen molar-refractivity contribution < 1.29 is 14.3 Å². The molecule has 2 fully saturated rings. The van der Waals surface area contributed by atoms with Crippen molar-refractivity contribution in [3.05, 3.63) is 0 Å². The summed E-state index contributed by atoms with van der Waals surface area (Å²) in [5.74, 6) is -0.107. The summed E-state index contributed by atoms with van der Waals surface area (Å²) >= 11 is 0. The molecule has 0 aromatic rings. The molecule has 2 rings (SSSR count). The molecule has 6 nitrogen and oxygen atoms in total. The molecule has 0 radical (unpaired) electrons. The maximum absolute atomic E-state index is 11.6. The molecule has 0 aromatic heterocycles. The fourth-order valence-corrected chi connectivity index (χ4v) is 1.54. The third kappa shape index (κ3) is 3.37. The van der Waals surface area contributed by atoms with Gasteiger partial charge in [0, 0.05) is 19.1 Å². The van der Waals surface area contributed by atoms with Crippen LogP contribution < -0.4 is 10.6 Å². The number of hydrogen-bond acceptors (Lipinski definition) is 3. The smallest absolute Gasteiger partial charge is 0.317 e. The predicted molar refractivity (Wildman–Crippen MR) is 57.0 cm³/mol. The molecule has 16 heavy (non-hydrogen) atoms. The molecular weight excluding hydrogens is 210 g/mol. The van der Waals surface area contributed by atoms with E-state index in [1.807, 2.05) is 0 Å². The van der Waals surface area contributed by atoms with E-state index >= 15 is 0 Å². The van der Waals surface area contributed by atoms with Gasteiger partial charge in [0.05, 0.1) is 19.8 Å². The van der Waals surface area contributed by atoms with Gasteiger partial charge in [-0.2, -0.15) is 0 Å². The fourth-order valence-electron chi connectivity index (χ4n) is 1.54. The van der Waals surface area contributed by atoms with Gasteiger partial charge in [0.25, 0.3) is 0 Å². The Morgan fingerprint density at radius 1 is 1.25 bits per heavy atom. The maximum Gasteiger partial charge on any atom is 0.317 e. The Bertz CT molecular complexity index is 272. The van der Waals surface area contributed by atoms with Gasteiger partial charge in [-0.3, -0.25) is 4.79 Å². The molecule has 0 atom stereocenters. The van der Waals surface area contributed by atoms with Crippen molar-refractivity contribution >= 4 is 11.9 Å². The van der Waals surface area contributed by atoms with Gasteiger partial charge in [0.15, 0.2) is 0 Å². The Kier molecular flexibility index (Phi) is 3.61. The molecule has 2 aliphatic rings. The normalized spacial score (nSPS) is 20.4. The number of nitrogens with zero attached hydrogens (tertiary/aromatic N) is 1. The van der Waals surface area contributed by atoms with E-state index in [0.717, 1.165) is 12.8 Å². The van der Waals surface area contributed by atoms with Crippen LogP contribution in [0.4, 0.5) is 4.79 Å². The molecule has 1 aliphatic heterocycles. The molecule has 1 saturated heterocycles. The van der Waals surface area contributed by atoms with E-state index in [1.54, 1.807) is 4.90 Å². The van der Waals surface area contributed by atoms with Crippen molar-refractivity contribution in [2.75, 3.05) is 32.8 Å². The van der Waals surface area contributed by atoms with E-state index in [4.69, 9.17) is 4.74 Å². The second-order valence-electron chi connectivity index (χ2n) is 4.10. The van der Waals surface area contributed by atoms with Gasteiger partial charge >= 0.3 is 6.03 Å². The molecule has 0 unspecified atom stereocenters. The monoisotopic (exact) mass is 227 g/mol. The number of morpholine rings is 1. The molecule has 6 heteroatoms. The molecular formula is C10H17N3O3. The van der Waals surface area contributed by atoms with Crippen molar-refractivity contribution in [1.82, 2.24) is 15.5 Å². The van der Waals surface area contributed by atoms with E-state index in [2.05, 4.69) is 10.6 Å². The van der Waals surface area contributed by atoms with E-state index in [-0.39, 0.29) is 18.5 Å². The lowest BCUT2D eigenvalue weighted by Gasteiger charge is -2.26. The highest BCUT2D eigenvalue weighted by Gasteiger charge is 2.23. The number of nitrogens with one attached hydrogen (secondary N) is 2. The van der Waals surface area contributed by atoms with Crippen LogP contribution in [0.2, 0.25) is 0 Å². The largest absolute Gasteiger partial charge is 0.378 e. The third-order valence-corrected chi connectivity index (χ3v) is 2.64. The van der Waals surface area contributed by atoms with Gasteiger partial charge < -0.3 is 20.3 Å². The van der Waals surface area contributed by atoms with Crippen LogP contribution in [0.25, 0.3) is 0 Å². The first-order valence-corrected chi connectivity index (χ1v) is 5.65. The summed E-state index contributed by atoms with van der Waals surface area (Å²) in [6, 6.07) is 0.155. The van der Waals surface area contributed by atoms with Crippen LogP contribution in [0.3, 0.4) is 0 Å². The Hall–Kier alpha value is -1.30. The van der Waals surface area contributed by atoms with Crippen LogP contribution in [-0.4, -0.2) is 55.7 Å². The number of rotatable bonds is 3. The van der Waals surface area contributed by atoms with Crippen LogP contribution in [0, 0.1) is 0 Å². The van der Waals surface area contributed by atoms with Crippen LogP contribution >= 0.6 is 0 Å². The average Bonchev–Trinajstić information content (AvgIpc) is 3.11. The maximum atomic E-state index is 11.6. The Morgan fingerprint density at radius 2 is 1.94 bits per heavy atom. The minimum absolute atomic E-state index is 0.0622. The number of carbonyl (C=O) groups is 2. The second-order valence-corrected chi connectivity index (χ2v) is 4.10. The van der Waals surface area contributed by atoms with E-state index < -0.39 is 0 Å². The zero-order valence-corrected chi connectivity index (χ0v) is 9.20. The van der Waals surface area contributed by atoms with E-state index in [1.165, 1.54) is 0 Å². The summed E-state index contributed by atoms with van der Waals surface area (Å²) in [5, 5.41) is 5.42. The summed E-state index contributed by atoms with van der Waals surface area (Å²) in [6.45, 7) is 2.39. The summed E-state index contributed by atoms with van der Waals surface area (Å²) < 4.78 is 5.14. The number of hydrogen-bond donors (Lipinski definition) is 2. The van der Waals surface area contributed by atoms with Crippen molar-refractivity contribution in [2.45, 2.75) is 18.9 Å². The highest BCUT2D eigenvalue weighted by atomic mass is 16.5. The van der Waals surface area contributed by atoms with Gasteiger partial charge in [-0.1, -0.05) is 0 Å².